The normalized spacial score (nSPS) is 23.7. The molecule has 1 aliphatic carbocycles. The molecule has 1 fully saturated rings. The fourth-order valence-corrected chi connectivity index (χ4v) is 3.25. The van der Waals surface area contributed by atoms with Gasteiger partial charge < -0.3 is 5.32 Å². The summed E-state index contributed by atoms with van der Waals surface area (Å²) in [7, 11) is 0. The molecule has 0 aromatic carbocycles. The van der Waals surface area contributed by atoms with Crippen LogP contribution < -0.4 is 5.32 Å². The molecule has 1 N–H and O–H groups in total. The van der Waals surface area contributed by atoms with Crippen molar-refractivity contribution in [2.75, 3.05) is 6.54 Å². The lowest BCUT2D eigenvalue weighted by atomic mass is 9.77. The SMILES string of the molecule is CC(C)NCC1CCCCC1Cc1ccn(C(C)C)n1. The molecule has 1 heterocycles. The maximum Gasteiger partial charge on any atom is 0.0627 e. The Hall–Kier alpha value is -0.830. The minimum absolute atomic E-state index is 0.466. The second kappa shape index (κ2) is 7.26. The van der Waals surface area contributed by atoms with E-state index in [1.54, 1.807) is 0 Å². The summed E-state index contributed by atoms with van der Waals surface area (Å²) >= 11 is 0. The van der Waals surface area contributed by atoms with Gasteiger partial charge in [0.2, 0.25) is 0 Å². The van der Waals surface area contributed by atoms with Crippen LogP contribution in [0, 0.1) is 11.8 Å². The topological polar surface area (TPSA) is 29.9 Å². The van der Waals surface area contributed by atoms with Crippen molar-refractivity contribution >= 4 is 0 Å². The van der Waals surface area contributed by atoms with Gasteiger partial charge in [-0.25, -0.2) is 0 Å². The van der Waals surface area contributed by atoms with Gasteiger partial charge in [-0.1, -0.05) is 26.7 Å². The second-order valence-corrected chi connectivity index (χ2v) is 6.95. The van der Waals surface area contributed by atoms with Gasteiger partial charge >= 0.3 is 0 Å². The van der Waals surface area contributed by atoms with E-state index in [0.717, 1.165) is 18.3 Å². The minimum atomic E-state index is 0.466. The summed E-state index contributed by atoms with van der Waals surface area (Å²) < 4.78 is 2.08. The summed E-state index contributed by atoms with van der Waals surface area (Å²) in [4.78, 5) is 0. The molecule has 0 spiro atoms. The summed E-state index contributed by atoms with van der Waals surface area (Å²) in [6.45, 7) is 10.0. The van der Waals surface area contributed by atoms with Gasteiger partial charge in [0, 0.05) is 18.3 Å². The first-order valence-corrected chi connectivity index (χ1v) is 8.33. The first kappa shape index (κ1) is 15.6. The molecule has 0 radical (unpaired) electrons. The predicted octanol–water partition coefficient (Wildman–Crippen LogP) is 3.81. The Kier molecular flexibility index (Phi) is 5.64. The molecule has 0 bridgehead atoms. The van der Waals surface area contributed by atoms with E-state index in [0.29, 0.717) is 12.1 Å². The summed E-state index contributed by atoms with van der Waals surface area (Å²) in [6.07, 6.45) is 8.84. The molecule has 20 heavy (non-hydrogen) atoms. The standard InChI is InChI=1S/C17H31N3/c1-13(2)18-12-16-8-6-5-7-15(16)11-17-9-10-20(19-17)14(3)4/h9-10,13-16,18H,5-8,11-12H2,1-4H3. The zero-order valence-corrected chi connectivity index (χ0v) is 13.6. The average Bonchev–Trinajstić information content (AvgIpc) is 2.86. The van der Waals surface area contributed by atoms with Crippen LogP contribution in [0.25, 0.3) is 0 Å². The molecule has 114 valence electrons. The third-order valence-corrected chi connectivity index (χ3v) is 4.52. The van der Waals surface area contributed by atoms with Gasteiger partial charge in [-0.3, -0.25) is 4.68 Å². The van der Waals surface area contributed by atoms with E-state index in [-0.39, 0.29) is 0 Å². The highest BCUT2D eigenvalue weighted by Crippen LogP contribution is 2.32. The summed E-state index contributed by atoms with van der Waals surface area (Å²) in [5.74, 6) is 1.64. The molecular formula is C17H31N3. The Labute approximate surface area is 124 Å². The molecule has 1 aromatic heterocycles. The molecule has 2 rings (SSSR count). The summed E-state index contributed by atoms with van der Waals surface area (Å²) in [6, 6.07) is 3.27. The van der Waals surface area contributed by atoms with Gasteiger partial charge in [-0.2, -0.15) is 5.10 Å². The Balaban J connectivity index is 1.93. The van der Waals surface area contributed by atoms with E-state index in [9.17, 15) is 0 Å². The van der Waals surface area contributed by atoms with E-state index in [1.807, 2.05) is 0 Å². The number of nitrogens with zero attached hydrogens (tertiary/aromatic N) is 2. The van der Waals surface area contributed by atoms with Crippen LogP contribution in [-0.4, -0.2) is 22.4 Å². The van der Waals surface area contributed by atoms with Crippen molar-refractivity contribution in [1.82, 2.24) is 15.1 Å². The third-order valence-electron chi connectivity index (χ3n) is 4.52. The maximum absolute atomic E-state index is 4.73. The molecule has 2 atom stereocenters. The Morgan fingerprint density at radius 3 is 2.50 bits per heavy atom. The Morgan fingerprint density at radius 1 is 1.20 bits per heavy atom. The largest absolute Gasteiger partial charge is 0.314 e. The van der Waals surface area contributed by atoms with Crippen molar-refractivity contribution in [2.45, 2.75) is 71.9 Å². The van der Waals surface area contributed by atoms with Crippen molar-refractivity contribution in [1.29, 1.82) is 0 Å². The Bertz CT molecular complexity index is 395. The number of rotatable bonds is 6. The number of aromatic nitrogens is 2. The van der Waals surface area contributed by atoms with Crippen LogP contribution >= 0.6 is 0 Å². The number of hydrogen-bond acceptors (Lipinski definition) is 2. The Morgan fingerprint density at radius 2 is 1.90 bits per heavy atom. The average molecular weight is 277 g/mol. The molecule has 0 saturated heterocycles. The summed E-state index contributed by atoms with van der Waals surface area (Å²) in [5, 5.41) is 8.36. The van der Waals surface area contributed by atoms with Crippen molar-refractivity contribution in [2.24, 2.45) is 11.8 Å². The highest BCUT2D eigenvalue weighted by Gasteiger charge is 2.25. The van der Waals surface area contributed by atoms with E-state index in [1.165, 1.54) is 37.9 Å². The van der Waals surface area contributed by atoms with Gasteiger partial charge in [0.15, 0.2) is 0 Å². The monoisotopic (exact) mass is 277 g/mol. The fraction of sp³-hybridized carbons (Fsp3) is 0.824. The molecule has 3 nitrogen and oxygen atoms in total. The minimum Gasteiger partial charge on any atom is -0.314 e. The molecular weight excluding hydrogens is 246 g/mol. The van der Waals surface area contributed by atoms with Gasteiger partial charge in [-0.05, 0) is 57.6 Å². The van der Waals surface area contributed by atoms with Crippen LogP contribution in [0.3, 0.4) is 0 Å². The molecule has 1 saturated carbocycles. The van der Waals surface area contributed by atoms with Gasteiger partial charge in [0.1, 0.15) is 0 Å². The van der Waals surface area contributed by atoms with Crippen LogP contribution in [0.1, 0.15) is 65.1 Å². The highest BCUT2D eigenvalue weighted by molar-refractivity contribution is 5.02. The molecule has 3 heteroatoms. The number of hydrogen-bond donors (Lipinski definition) is 1. The third kappa shape index (κ3) is 4.34. The van der Waals surface area contributed by atoms with Gasteiger partial charge in [-0.15, -0.1) is 0 Å². The van der Waals surface area contributed by atoms with E-state index in [2.05, 4.69) is 50.0 Å². The molecule has 0 amide bonds. The second-order valence-electron chi connectivity index (χ2n) is 6.95. The van der Waals surface area contributed by atoms with Crippen LogP contribution in [0.5, 0.6) is 0 Å². The molecule has 2 unspecified atom stereocenters. The highest BCUT2D eigenvalue weighted by atomic mass is 15.3. The van der Waals surface area contributed by atoms with Gasteiger partial charge in [0.05, 0.1) is 5.69 Å². The fourth-order valence-electron chi connectivity index (χ4n) is 3.25. The van der Waals surface area contributed by atoms with Crippen LogP contribution in [-0.2, 0) is 6.42 Å². The van der Waals surface area contributed by atoms with Crippen LogP contribution in [0.4, 0.5) is 0 Å². The quantitative estimate of drug-likeness (QED) is 0.857. The van der Waals surface area contributed by atoms with Crippen LogP contribution in [0.2, 0.25) is 0 Å². The van der Waals surface area contributed by atoms with Crippen molar-refractivity contribution in [3.8, 4) is 0 Å². The maximum atomic E-state index is 4.73. The zero-order valence-electron chi connectivity index (χ0n) is 13.6. The first-order valence-electron chi connectivity index (χ1n) is 8.33. The first-order chi connectivity index (χ1) is 9.56. The lowest BCUT2D eigenvalue weighted by Crippen LogP contribution is -2.35. The lowest BCUT2D eigenvalue weighted by molar-refractivity contribution is 0.223. The molecule has 1 aliphatic rings. The summed E-state index contributed by atoms with van der Waals surface area (Å²) in [5.41, 5.74) is 1.28. The van der Waals surface area contributed by atoms with Crippen molar-refractivity contribution in [3.05, 3.63) is 18.0 Å². The smallest absolute Gasteiger partial charge is 0.0627 e. The van der Waals surface area contributed by atoms with E-state index in [4.69, 9.17) is 5.10 Å². The zero-order chi connectivity index (χ0) is 14.5. The van der Waals surface area contributed by atoms with Crippen LogP contribution in [0.15, 0.2) is 12.3 Å². The number of nitrogens with one attached hydrogen (secondary N) is 1. The molecule has 0 aliphatic heterocycles. The van der Waals surface area contributed by atoms with Gasteiger partial charge in [0.25, 0.3) is 0 Å². The lowest BCUT2D eigenvalue weighted by Gasteiger charge is -2.32. The predicted molar refractivity (Wildman–Crippen MR) is 84.9 cm³/mol. The van der Waals surface area contributed by atoms with E-state index >= 15 is 0 Å². The molecule has 1 aromatic rings. The van der Waals surface area contributed by atoms with Crippen molar-refractivity contribution < 1.29 is 0 Å². The van der Waals surface area contributed by atoms with E-state index < -0.39 is 0 Å². The van der Waals surface area contributed by atoms with Crippen molar-refractivity contribution in [3.63, 3.8) is 0 Å².